The maximum absolute atomic E-state index is 12.4. The second-order valence-electron chi connectivity index (χ2n) is 4.41. The van der Waals surface area contributed by atoms with E-state index >= 15 is 0 Å². The smallest absolute Gasteiger partial charge is 0.281 e. The van der Waals surface area contributed by atoms with Crippen molar-refractivity contribution in [2.75, 3.05) is 6.61 Å². The molecule has 0 radical (unpaired) electrons. The first kappa shape index (κ1) is 13.5. The van der Waals surface area contributed by atoms with Gasteiger partial charge in [-0.3, -0.25) is 9.36 Å². The van der Waals surface area contributed by atoms with E-state index < -0.39 is 0 Å². The van der Waals surface area contributed by atoms with Gasteiger partial charge in [-0.25, -0.2) is 5.10 Å². The van der Waals surface area contributed by atoms with E-state index in [4.69, 9.17) is 17.0 Å². The molecule has 0 saturated carbocycles. The Labute approximate surface area is 124 Å². The number of fused-ring (bicyclic) bond motifs is 1. The van der Waals surface area contributed by atoms with Crippen molar-refractivity contribution < 1.29 is 4.74 Å². The zero-order chi connectivity index (χ0) is 15.0. The number of aromatic nitrogens is 5. The van der Waals surface area contributed by atoms with E-state index in [0.717, 1.165) is 5.75 Å². The van der Waals surface area contributed by atoms with Crippen LogP contribution in [0.2, 0.25) is 0 Å². The lowest BCUT2D eigenvalue weighted by Gasteiger charge is -2.06. The zero-order valence-corrected chi connectivity index (χ0v) is 12.3. The molecule has 0 aliphatic rings. The molecule has 7 nitrogen and oxygen atoms in total. The Kier molecular flexibility index (Phi) is 3.30. The van der Waals surface area contributed by atoms with Gasteiger partial charge in [0, 0.05) is 12.6 Å². The Morgan fingerprint density at radius 2 is 2.05 bits per heavy atom. The molecule has 1 N–H and O–H groups in total. The predicted molar refractivity (Wildman–Crippen MR) is 80.0 cm³/mol. The van der Waals surface area contributed by atoms with Gasteiger partial charge in [0.2, 0.25) is 4.77 Å². The second-order valence-corrected chi connectivity index (χ2v) is 4.80. The monoisotopic (exact) mass is 303 g/mol. The fourth-order valence-electron chi connectivity index (χ4n) is 2.04. The largest absolute Gasteiger partial charge is 0.494 e. The van der Waals surface area contributed by atoms with Gasteiger partial charge >= 0.3 is 0 Å². The van der Waals surface area contributed by atoms with Crippen LogP contribution in [0, 0.1) is 4.77 Å². The molecule has 3 rings (SSSR count). The highest BCUT2D eigenvalue weighted by Gasteiger charge is 2.12. The molecule has 108 valence electrons. The molecule has 2 heterocycles. The summed E-state index contributed by atoms with van der Waals surface area (Å²) in [5, 5.41) is 10.9. The van der Waals surface area contributed by atoms with E-state index in [-0.39, 0.29) is 5.56 Å². The summed E-state index contributed by atoms with van der Waals surface area (Å²) in [5.74, 6) is 1.12. The average molecular weight is 303 g/mol. The second kappa shape index (κ2) is 5.13. The Bertz CT molecular complexity index is 907. The number of nitrogens with one attached hydrogen (secondary N) is 1. The number of aromatic amines is 1. The lowest BCUT2D eigenvalue weighted by atomic mass is 10.1. The van der Waals surface area contributed by atoms with Crippen LogP contribution in [0.1, 0.15) is 6.92 Å². The van der Waals surface area contributed by atoms with Crippen LogP contribution in [0.5, 0.6) is 5.75 Å². The molecule has 0 spiro atoms. The minimum atomic E-state index is -0.236. The first-order valence-electron chi connectivity index (χ1n) is 6.39. The Morgan fingerprint density at radius 3 is 2.71 bits per heavy atom. The van der Waals surface area contributed by atoms with Crippen LogP contribution in [-0.2, 0) is 7.05 Å². The topological polar surface area (TPSA) is 77.2 Å². The van der Waals surface area contributed by atoms with Gasteiger partial charge in [-0.2, -0.15) is 9.61 Å². The molecule has 21 heavy (non-hydrogen) atoms. The third-order valence-electron chi connectivity index (χ3n) is 3.08. The van der Waals surface area contributed by atoms with E-state index in [1.807, 2.05) is 6.92 Å². The average Bonchev–Trinajstić information content (AvgIpc) is 2.86. The predicted octanol–water partition coefficient (Wildman–Crippen LogP) is 1.55. The lowest BCUT2D eigenvalue weighted by Crippen LogP contribution is -2.23. The van der Waals surface area contributed by atoms with Gasteiger partial charge in [0.1, 0.15) is 5.75 Å². The van der Waals surface area contributed by atoms with Crippen LogP contribution in [0.3, 0.4) is 0 Å². The lowest BCUT2D eigenvalue weighted by molar-refractivity contribution is 0.340. The number of H-pyrrole nitrogens is 1. The van der Waals surface area contributed by atoms with Crippen molar-refractivity contribution in [1.82, 2.24) is 24.4 Å². The summed E-state index contributed by atoms with van der Waals surface area (Å²) in [5.41, 5.74) is 0.773. The summed E-state index contributed by atoms with van der Waals surface area (Å²) in [6.07, 6.45) is 0. The van der Waals surface area contributed by atoms with Gasteiger partial charge in [0.05, 0.1) is 6.61 Å². The highest BCUT2D eigenvalue weighted by Crippen LogP contribution is 2.18. The normalized spacial score (nSPS) is 11.0. The fourth-order valence-corrected chi connectivity index (χ4v) is 2.21. The van der Waals surface area contributed by atoms with Crippen LogP contribution >= 0.6 is 12.2 Å². The van der Waals surface area contributed by atoms with Gasteiger partial charge < -0.3 is 4.74 Å². The molecule has 0 amide bonds. The molecule has 0 aliphatic carbocycles. The number of rotatable bonds is 3. The van der Waals surface area contributed by atoms with Crippen molar-refractivity contribution in [3.8, 4) is 17.0 Å². The summed E-state index contributed by atoms with van der Waals surface area (Å²) in [4.78, 5) is 12.4. The maximum atomic E-state index is 12.4. The van der Waals surface area contributed by atoms with Crippen molar-refractivity contribution in [3.05, 3.63) is 39.4 Å². The molecule has 0 bridgehead atoms. The number of nitrogens with zero attached hydrogens (tertiary/aromatic N) is 4. The van der Waals surface area contributed by atoms with Crippen molar-refractivity contribution in [2.24, 2.45) is 7.05 Å². The van der Waals surface area contributed by atoms with Crippen LogP contribution < -0.4 is 10.3 Å². The molecule has 0 unspecified atom stereocenters. The number of ether oxygens (including phenoxy) is 1. The Hall–Kier alpha value is -2.48. The van der Waals surface area contributed by atoms with E-state index in [2.05, 4.69) is 15.3 Å². The van der Waals surface area contributed by atoms with Crippen molar-refractivity contribution in [1.29, 1.82) is 0 Å². The van der Waals surface area contributed by atoms with Gasteiger partial charge in [-0.15, -0.1) is 5.10 Å². The number of aryl methyl sites for hydroxylation is 1. The summed E-state index contributed by atoms with van der Waals surface area (Å²) in [6, 6.07) is 7.20. The number of benzene rings is 1. The molecule has 1 aromatic carbocycles. The van der Waals surface area contributed by atoms with Crippen LogP contribution in [-0.4, -0.2) is 31.0 Å². The SMILES string of the molecule is CCOc1ccc(-c2nn3c(=S)[nH]nc3n(C)c2=O)cc1. The summed E-state index contributed by atoms with van der Waals surface area (Å²) in [7, 11) is 1.63. The maximum Gasteiger partial charge on any atom is 0.281 e. The minimum Gasteiger partial charge on any atom is -0.494 e. The molecule has 8 heteroatoms. The highest BCUT2D eigenvalue weighted by atomic mass is 32.1. The summed E-state index contributed by atoms with van der Waals surface area (Å²) < 4.78 is 8.57. The van der Waals surface area contributed by atoms with Crippen LogP contribution in [0.15, 0.2) is 29.1 Å². The molecule has 3 aromatic rings. The van der Waals surface area contributed by atoms with E-state index in [0.29, 0.717) is 28.4 Å². The van der Waals surface area contributed by atoms with E-state index in [1.165, 1.54) is 9.08 Å². The van der Waals surface area contributed by atoms with Crippen molar-refractivity contribution >= 4 is 18.0 Å². The minimum absolute atomic E-state index is 0.236. The van der Waals surface area contributed by atoms with Crippen molar-refractivity contribution in [2.45, 2.75) is 6.92 Å². The van der Waals surface area contributed by atoms with E-state index in [1.54, 1.807) is 31.3 Å². The quantitative estimate of drug-likeness (QED) is 0.743. The molecule has 0 fully saturated rings. The van der Waals surface area contributed by atoms with E-state index in [9.17, 15) is 4.79 Å². The first-order chi connectivity index (χ1) is 10.1. The molecule has 2 aromatic heterocycles. The fraction of sp³-hybridized carbons (Fsp3) is 0.231. The molecular weight excluding hydrogens is 290 g/mol. The Balaban J connectivity index is 2.19. The number of hydrogen-bond acceptors (Lipinski definition) is 5. The summed E-state index contributed by atoms with van der Waals surface area (Å²) in [6.45, 7) is 2.51. The first-order valence-corrected chi connectivity index (χ1v) is 6.80. The zero-order valence-electron chi connectivity index (χ0n) is 11.5. The molecule has 0 aliphatic heterocycles. The van der Waals surface area contributed by atoms with Gasteiger partial charge in [0.25, 0.3) is 11.3 Å². The standard InChI is InChI=1S/C13H13N5O2S/c1-3-20-9-6-4-8(5-7-9)10-11(19)17(2)12-14-15-13(21)18(12)16-10/h4-7H,3H2,1-2H3,(H,15,21). The Morgan fingerprint density at radius 1 is 1.33 bits per heavy atom. The highest BCUT2D eigenvalue weighted by molar-refractivity contribution is 7.71. The number of hydrogen-bond donors (Lipinski definition) is 1. The van der Waals surface area contributed by atoms with Crippen molar-refractivity contribution in [3.63, 3.8) is 0 Å². The third kappa shape index (κ3) is 2.23. The summed E-state index contributed by atoms with van der Waals surface area (Å²) >= 11 is 5.10. The molecule has 0 saturated heterocycles. The molecule has 0 atom stereocenters. The molecular formula is C13H13N5O2S. The van der Waals surface area contributed by atoms with Crippen LogP contribution in [0.4, 0.5) is 0 Å². The third-order valence-corrected chi connectivity index (χ3v) is 3.34. The van der Waals surface area contributed by atoms with Gasteiger partial charge in [-0.1, -0.05) is 0 Å². The van der Waals surface area contributed by atoms with Crippen LogP contribution in [0.25, 0.3) is 17.0 Å². The van der Waals surface area contributed by atoms with Gasteiger partial charge in [-0.05, 0) is 43.4 Å². The van der Waals surface area contributed by atoms with Gasteiger partial charge in [0.15, 0.2) is 5.69 Å².